The molecule has 2 aliphatic rings. The summed E-state index contributed by atoms with van der Waals surface area (Å²) >= 11 is 0. The third kappa shape index (κ3) is 4.21. The van der Waals surface area contributed by atoms with Crippen LogP contribution in [0.2, 0.25) is 0 Å². The molecule has 0 aromatic carbocycles. The summed E-state index contributed by atoms with van der Waals surface area (Å²) in [5, 5.41) is 0. The number of rotatable bonds is 4. The van der Waals surface area contributed by atoms with Gasteiger partial charge in [-0.1, -0.05) is 19.3 Å². The van der Waals surface area contributed by atoms with Gasteiger partial charge in [0.25, 0.3) is 0 Å². The number of hydrogen-bond acceptors (Lipinski definition) is 3. The van der Waals surface area contributed by atoms with E-state index in [-0.39, 0.29) is 6.10 Å². The fourth-order valence-electron chi connectivity index (χ4n) is 3.64. The van der Waals surface area contributed by atoms with Crippen molar-refractivity contribution in [2.24, 2.45) is 5.92 Å². The van der Waals surface area contributed by atoms with Gasteiger partial charge in [0.1, 0.15) is 11.9 Å². The van der Waals surface area contributed by atoms with E-state index in [4.69, 9.17) is 4.74 Å². The average Bonchev–Trinajstić information content (AvgIpc) is 2.57. The number of hydrogen-bond donors (Lipinski definition) is 0. The van der Waals surface area contributed by atoms with Gasteiger partial charge in [0.05, 0.1) is 6.54 Å². The van der Waals surface area contributed by atoms with Crippen LogP contribution in [0.4, 0.5) is 0 Å². The number of ether oxygens (including phenoxy) is 1. The van der Waals surface area contributed by atoms with Crippen LogP contribution in [-0.4, -0.2) is 35.0 Å². The van der Waals surface area contributed by atoms with Gasteiger partial charge in [-0.15, -0.1) is 0 Å². The van der Waals surface area contributed by atoms with Crippen LogP contribution < -0.4 is 4.74 Å². The van der Waals surface area contributed by atoms with E-state index in [9.17, 15) is 4.79 Å². The quantitative estimate of drug-likeness (QED) is 0.856. The Bertz CT molecular complexity index is 471. The Morgan fingerprint density at radius 3 is 2.68 bits per heavy atom. The smallest absolute Gasteiger partial charge is 0.222 e. The summed E-state index contributed by atoms with van der Waals surface area (Å²) in [6.45, 7) is 1.62. The first-order valence-electron chi connectivity index (χ1n) is 8.66. The lowest BCUT2D eigenvalue weighted by Crippen LogP contribution is -2.44. The normalized spacial score (nSPS) is 23.3. The average molecular weight is 302 g/mol. The highest BCUT2D eigenvalue weighted by molar-refractivity contribution is 5.76. The molecular weight excluding hydrogens is 276 g/mol. The van der Waals surface area contributed by atoms with Crippen LogP contribution >= 0.6 is 0 Å². The lowest BCUT2D eigenvalue weighted by molar-refractivity contribution is -0.135. The van der Waals surface area contributed by atoms with E-state index in [1.54, 1.807) is 12.4 Å². The van der Waals surface area contributed by atoms with Crippen molar-refractivity contribution in [3.63, 3.8) is 0 Å². The summed E-state index contributed by atoms with van der Waals surface area (Å²) in [6.07, 6.45) is 12.8. The van der Waals surface area contributed by atoms with Gasteiger partial charge in [-0.25, -0.2) is 0 Å². The number of carbonyl (C=O) groups excluding carboxylic acids is 1. The zero-order valence-corrected chi connectivity index (χ0v) is 13.2. The largest absolute Gasteiger partial charge is 0.488 e. The predicted octanol–water partition coefficient (Wildman–Crippen LogP) is 3.42. The highest BCUT2D eigenvalue weighted by Crippen LogP contribution is 2.27. The van der Waals surface area contributed by atoms with Crippen molar-refractivity contribution in [1.29, 1.82) is 0 Å². The molecule has 0 spiro atoms. The van der Waals surface area contributed by atoms with Crippen molar-refractivity contribution in [3.05, 3.63) is 24.5 Å². The molecule has 2 fully saturated rings. The standard InChI is InChI=1S/C18H26N2O2/c21-18(13-15-5-2-1-3-6-15)20-12-4-7-17(14-20)22-16-8-10-19-11-9-16/h8-11,15,17H,1-7,12-14H2. The Hall–Kier alpha value is -1.58. The SMILES string of the molecule is O=C(CC1CCCCC1)N1CCCC(Oc2ccncc2)C1. The Morgan fingerprint density at radius 1 is 1.14 bits per heavy atom. The van der Waals surface area contributed by atoms with E-state index in [1.807, 2.05) is 17.0 Å². The highest BCUT2D eigenvalue weighted by Gasteiger charge is 2.27. The van der Waals surface area contributed by atoms with Gasteiger partial charge in [0.15, 0.2) is 0 Å². The van der Waals surface area contributed by atoms with Crippen molar-refractivity contribution < 1.29 is 9.53 Å². The van der Waals surface area contributed by atoms with Crippen LogP contribution in [0.3, 0.4) is 0 Å². The van der Waals surface area contributed by atoms with Crippen LogP contribution in [-0.2, 0) is 4.79 Å². The lowest BCUT2D eigenvalue weighted by Gasteiger charge is -2.34. The minimum Gasteiger partial charge on any atom is -0.488 e. The molecule has 4 nitrogen and oxygen atoms in total. The van der Waals surface area contributed by atoms with Crippen molar-refractivity contribution in [3.8, 4) is 5.75 Å². The van der Waals surface area contributed by atoms with E-state index < -0.39 is 0 Å². The third-order valence-corrected chi connectivity index (χ3v) is 4.87. The van der Waals surface area contributed by atoms with E-state index in [1.165, 1.54) is 32.1 Å². The van der Waals surface area contributed by atoms with Gasteiger partial charge in [-0.3, -0.25) is 9.78 Å². The van der Waals surface area contributed by atoms with E-state index in [0.717, 1.165) is 38.1 Å². The fraction of sp³-hybridized carbons (Fsp3) is 0.667. The molecule has 0 N–H and O–H groups in total. The number of amides is 1. The molecule has 1 atom stereocenters. The Morgan fingerprint density at radius 2 is 1.91 bits per heavy atom. The number of nitrogens with zero attached hydrogens (tertiary/aromatic N) is 2. The van der Waals surface area contributed by atoms with Crippen LogP contribution in [0.1, 0.15) is 51.4 Å². The molecule has 3 rings (SSSR count). The molecule has 0 bridgehead atoms. The van der Waals surface area contributed by atoms with Crippen LogP contribution in [0, 0.1) is 5.92 Å². The second-order valence-corrected chi connectivity index (χ2v) is 6.61. The fourth-order valence-corrected chi connectivity index (χ4v) is 3.64. The summed E-state index contributed by atoms with van der Waals surface area (Å²) in [7, 11) is 0. The zero-order valence-electron chi connectivity index (χ0n) is 13.2. The zero-order chi connectivity index (χ0) is 15.2. The predicted molar refractivity (Wildman–Crippen MR) is 85.7 cm³/mol. The first kappa shape index (κ1) is 15.3. The number of likely N-dealkylation sites (tertiary alicyclic amines) is 1. The number of pyridine rings is 1. The summed E-state index contributed by atoms with van der Waals surface area (Å²) in [5.74, 6) is 1.79. The monoisotopic (exact) mass is 302 g/mol. The van der Waals surface area contributed by atoms with Crippen molar-refractivity contribution in [2.45, 2.75) is 57.5 Å². The number of aromatic nitrogens is 1. The molecule has 1 aliphatic heterocycles. The first-order valence-corrected chi connectivity index (χ1v) is 8.66. The van der Waals surface area contributed by atoms with Gasteiger partial charge in [-0.05, 0) is 43.7 Å². The van der Waals surface area contributed by atoms with Gasteiger partial charge in [0.2, 0.25) is 5.91 Å². The molecule has 1 unspecified atom stereocenters. The molecule has 0 radical (unpaired) electrons. The van der Waals surface area contributed by atoms with Gasteiger partial charge in [0, 0.05) is 25.4 Å². The van der Waals surface area contributed by atoms with Crippen LogP contribution in [0.25, 0.3) is 0 Å². The molecular formula is C18H26N2O2. The molecule has 1 aliphatic carbocycles. The Balaban J connectivity index is 1.50. The second-order valence-electron chi connectivity index (χ2n) is 6.61. The summed E-state index contributed by atoms with van der Waals surface area (Å²) in [5.41, 5.74) is 0. The van der Waals surface area contributed by atoms with Crippen molar-refractivity contribution >= 4 is 5.91 Å². The maximum absolute atomic E-state index is 12.5. The minimum atomic E-state index is 0.117. The molecule has 22 heavy (non-hydrogen) atoms. The van der Waals surface area contributed by atoms with Gasteiger partial charge >= 0.3 is 0 Å². The first-order chi connectivity index (χ1) is 10.8. The molecule has 1 saturated carbocycles. The van der Waals surface area contributed by atoms with E-state index in [2.05, 4.69) is 4.98 Å². The van der Waals surface area contributed by atoms with Gasteiger partial charge in [-0.2, -0.15) is 0 Å². The van der Waals surface area contributed by atoms with Crippen LogP contribution in [0.5, 0.6) is 5.75 Å². The maximum atomic E-state index is 12.5. The van der Waals surface area contributed by atoms with Gasteiger partial charge < -0.3 is 9.64 Å². The second kappa shape index (κ2) is 7.61. The van der Waals surface area contributed by atoms with Crippen LogP contribution in [0.15, 0.2) is 24.5 Å². The third-order valence-electron chi connectivity index (χ3n) is 4.87. The number of piperidine rings is 1. The summed E-state index contributed by atoms with van der Waals surface area (Å²) in [6, 6.07) is 3.76. The molecule has 4 heteroatoms. The lowest BCUT2D eigenvalue weighted by atomic mass is 9.86. The van der Waals surface area contributed by atoms with E-state index >= 15 is 0 Å². The molecule has 1 saturated heterocycles. The molecule has 2 heterocycles. The van der Waals surface area contributed by atoms with Crippen molar-refractivity contribution in [1.82, 2.24) is 9.88 Å². The molecule has 120 valence electrons. The highest BCUT2D eigenvalue weighted by atomic mass is 16.5. The minimum absolute atomic E-state index is 0.117. The molecule has 1 aromatic heterocycles. The Kier molecular flexibility index (Phi) is 5.30. The summed E-state index contributed by atoms with van der Waals surface area (Å²) in [4.78, 5) is 18.5. The molecule has 1 aromatic rings. The molecule has 1 amide bonds. The van der Waals surface area contributed by atoms with Crippen molar-refractivity contribution in [2.75, 3.05) is 13.1 Å². The summed E-state index contributed by atoms with van der Waals surface area (Å²) < 4.78 is 5.99. The van der Waals surface area contributed by atoms with E-state index in [0.29, 0.717) is 11.8 Å². The topological polar surface area (TPSA) is 42.4 Å². The maximum Gasteiger partial charge on any atom is 0.222 e. The number of carbonyl (C=O) groups is 1. The Labute approximate surface area is 132 Å².